The van der Waals surface area contributed by atoms with Crippen molar-refractivity contribution in [2.75, 3.05) is 32.9 Å². The van der Waals surface area contributed by atoms with E-state index in [-0.39, 0.29) is 29.8 Å². The Hall–Kier alpha value is -0.940. The Morgan fingerprint density at radius 3 is 2.46 bits per heavy atom. The van der Waals surface area contributed by atoms with Gasteiger partial charge in [-0.05, 0) is 43.0 Å². The minimum Gasteiger partial charge on any atom is -0.356 e. The molecule has 0 aliphatic rings. The molecule has 1 aromatic carbocycles. The second-order valence-corrected chi connectivity index (χ2v) is 7.10. The Bertz CT molecular complexity index is 638. The maximum absolute atomic E-state index is 13.0. The molecule has 0 spiro atoms. The highest BCUT2D eigenvalue weighted by atomic mass is 127. The first-order valence-electron chi connectivity index (χ1n) is 7.46. The van der Waals surface area contributed by atoms with Gasteiger partial charge in [0.1, 0.15) is 5.82 Å². The summed E-state index contributed by atoms with van der Waals surface area (Å²) in [5.41, 5.74) is 2.02. The quantitative estimate of drug-likeness (QED) is 0.231. The molecule has 0 aliphatic heterocycles. The van der Waals surface area contributed by atoms with Gasteiger partial charge in [0.15, 0.2) is 5.96 Å². The number of halogens is 2. The average Bonchev–Trinajstić information content (AvgIpc) is 2.46. The normalized spacial score (nSPS) is 11.8. The molecule has 24 heavy (non-hydrogen) atoms. The second-order valence-electron chi connectivity index (χ2n) is 5.27. The highest BCUT2D eigenvalue weighted by Crippen LogP contribution is 2.10. The Morgan fingerprint density at radius 1 is 1.21 bits per heavy atom. The number of aryl methyl sites for hydroxylation is 1. The molecule has 9 heteroatoms. The zero-order valence-electron chi connectivity index (χ0n) is 14.2. The number of sulfonamides is 1. The van der Waals surface area contributed by atoms with E-state index < -0.39 is 10.0 Å². The molecule has 3 N–H and O–H groups in total. The molecule has 0 fully saturated rings. The van der Waals surface area contributed by atoms with Gasteiger partial charge in [-0.15, -0.1) is 24.0 Å². The van der Waals surface area contributed by atoms with E-state index in [1.165, 1.54) is 12.1 Å². The molecule has 0 heterocycles. The van der Waals surface area contributed by atoms with Crippen LogP contribution >= 0.6 is 24.0 Å². The molecular formula is C15H26FIN4O2S. The molecular weight excluding hydrogens is 446 g/mol. The number of rotatable bonds is 8. The summed E-state index contributed by atoms with van der Waals surface area (Å²) >= 11 is 0. The van der Waals surface area contributed by atoms with Crippen LogP contribution < -0.4 is 15.4 Å². The molecule has 1 rings (SSSR count). The fourth-order valence-corrected chi connectivity index (χ4v) is 2.54. The van der Waals surface area contributed by atoms with Crippen molar-refractivity contribution in [3.63, 3.8) is 0 Å². The van der Waals surface area contributed by atoms with E-state index in [9.17, 15) is 12.8 Å². The lowest BCUT2D eigenvalue weighted by molar-refractivity contribution is 0.584. The summed E-state index contributed by atoms with van der Waals surface area (Å²) in [6, 6.07) is 4.78. The summed E-state index contributed by atoms with van der Waals surface area (Å²) in [5.74, 6) is 0.434. The Balaban J connectivity index is 0.00000529. The summed E-state index contributed by atoms with van der Waals surface area (Å²) in [6.45, 7) is 3.56. The van der Waals surface area contributed by atoms with Gasteiger partial charge in [-0.2, -0.15) is 0 Å². The van der Waals surface area contributed by atoms with Gasteiger partial charge in [0.25, 0.3) is 0 Å². The number of hydrogen-bond donors (Lipinski definition) is 3. The van der Waals surface area contributed by atoms with Crippen molar-refractivity contribution in [3.8, 4) is 0 Å². The third-order valence-corrected chi connectivity index (χ3v) is 3.95. The first-order chi connectivity index (χ1) is 10.8. The van der Waals surface area contributed by atoms with Gasteiger partial charge >= 0.3 is 0 Å². The van der Waals surface area contributed by atoms with Crippen LogP contribution in [0.2, 0.25) is 0 Å². The number of benzene rings is 1. The van der Waals surface area contributed by atoms with Crippen LogP contribution in [0.5, 0.6) is 0 Å². The van der Waals surface area contributed by atoms with Gasteiger partial charge in [-0.1, -0.05) is 6.07 Å². The summed E-state index contributed by atoms with van der Waals surface area (Å²) in [4.78, 5) is 4.10. The van der Waals surface area contributed by atoms with Gasteiger partial charge in [-0.25, -0.2) is 17.5 Å². The summed E-state index contributed by atoms with van der Waals surface area (Å²) in [7, 11) is -1.46. The third-order valence-electron chi connectivity index (χ3n) is 3.23. The van der Waals surface area contributed by atoms with Crippen LogP contribution in [-0.2, 0) is 16.4 Å². The number of guanidine groups is 1. The van der Waals surface area contributed by atoms with E-state index in [0.29, 0.717) is 32.0 Å². The minimum atomic E-state index is -3.13. The van der Waals surface area contributed by atoms with Gasteiger partial charge in [-0.3, -0.25) is 4.99 Å². The second kappa shape index (κ2) is 11.6. The van der Waals surface area contributed by atoms with Gasteiger partial charge < -0.3 is 10.6 Å². The number of nitrogens with zero attached hydrogens (tertiary/aromatic N) is 1. The lowest BCUT2D eigenvalue weighted by atomic mass is 10.1. The summed E-state index contributed by atoms with van der Waals surface area (Å²) < 4.78 is 37.3. The van der Waals surface area contributed by atoms with Crippen LogP contribution in [0, 0.1) is 12.7 Å². The van der Waals surface area contributed by atoms with Crippen LogP contribution in [0.3, 0.4) is 0 Å². The Morgan fingerprint density at radius 2 is 1.88 bits per heavy atom. The fourth-order valence-electron chi connectivity index (χ4n) is 2.03. The van der Waals surface area contributed by atoms with Crippen LogP contribution in [0.15, 0.2) is 23.2 Å². The molecule has 0 atom stereocenters. The highest BCUT2D eigenvalue weighted by Gasteiger charge is 2.02. The van der Waals surface area contributed by atoms with E-state index in [1.807, 2.05) is 6.92 Å². The van der Waals surface area contributed by atoms with Gasteiger partial charge in [0.2, 0.25) is 10.0 Å². The maximum Gasteiger partial charge on any atom is 0.208 e. The molecule has 0 radical (unpaired) electrons. The molecule has 1 aromatic rings. The third kappa shape index (κ3) is 10.0. The Labute approximate surface area is 160 Å². The largest absolute Gasteiger partial charge is 0.356 e. The fraction of sp³-hybridized carbons (Fsp3) is 0.533. The number of aliphatic imine (C=N–C) groups is 1. The topological polar surface area (TPSA) is 82.6 Å². The van der Waals surface area contributed by atoms with Crippen molar-refractivity contribution in [2.45, 2.75) is 19.8 Å². The smallest absolute Gasteiger partial charge is 0.208 e. The standard InChI is InChI=1S/C15H25FN4O2S.HI/c1-12-11-14(16)6-5-13(12)7-10-19-15(17-2)18-8-4-9-20-23(3,21)22;/h5-6,11,20H,4,7-10H2,1-3H3,(H2,17,18,19);1H. The van der Waals surface area contributed by atoms with E-state index in [2.05, 4.69) is 20.3 Å². The molecule has 0 aromatic heterocycles. The van der Waals surface area contributed by atoms with E-state index >= 15 is 0 Å². The van der Waals surface area contributed by atoms with Crippen molar-refractivity contribution in [1.29, 1.82) is 0 Å². The average molecular weight is 472 g/mol. The first kappa shape index (κ1) is 23.1. The van der Waals surface area contributed by atoms with E-state index in [4.69, 9.17) is 0 Å². The van der Waals surface area contributed by atoms with Crippen molar-refractivity contribution >= 4 is 40.0 Å². The first-order valence-corrected chi connectivity index (χ1v) is 9.35. The van der Waals surface area contributed by atoms with Crippen LogP contribution in [0.1, 0.15) is 17.5 Å². The zero-order valence-corrected chi connectivity index (χ0v) is 17.4. The zero-order chi connectivity index (χ0) is 17.3. The van der Waals surface area contributed by atoms with Gasteiger partial charge in [0.05, 0.1) is 6.26 Å². The van der Waals surface area contributed by atoms with Crippen LogP contribution in [0.4, 0.5) is 4.39 Å². The maximum atomic E-state index is 13.0. The van der Waals surface area contributed by atoms with Crippen LogP contribution in [0.25, 0.3) is 0 Å². The van der Waals surface area contributed by atoms with Gasteiger partial charge in [0, 0.05) is 26.7 Å². The number of hydrogen-bond acceptors (Lipinski definition) is 3. The van der Waals surface area contributed by atoms with Crippen molar-refractivity contribution in [2.24, 2.45) is 4.99 Å². The molecule has 0 saturated heterocycles. The lowest BCUT2D eigenvalue weighted by Gasteiger charge is -2.12. The monoisotopic (exact) mass is 472 g/mol. The molecule has 138 valence electrons. The molecule has 6 nitrogen and oxygen atoms in total. The molecule has 0 aliphatic carbocycles. The van der Waals surface area contributed by atoms with Crippen LogP contribution in [-0.4, -0.2) is 47.3 Å². The minimum absolute atomic E-state index is 0. The molecule has 0 saturated carbocycles. The molecule has 0 bridgehead atoms. The molecule has 0 amide bonds. The predicted octanol–water partition coefficient (Wildman–Crippen LogP) is 1.40. The Kier molecular flexibility index (Phi) is 11.1. The van der Waals surface area contributed by atoms with E-state index in [0.717, 1.165) is 23.8 Å². The molecule has 0 unspecified atom stereocenters. The van der Waals surface area contributed by atoms with Crippen molar-refractivity contribution in [3.05, 3.63) is 35.1 Å². The summed E-state index contributed by atoms with van der Waals surface area (Å²) in [5, 5.41) is 6.28. The van der Waals surface area contributed by atoms with Crippen molar-refractivity contribution < 1.29 is 12.8 Å². The highest BCUT2D eigenvalue weighted by molar-refractivity contribution is 14.0. The number of nitrogens with one attached hydrogen (secondary N) is 3. The SMILES string of the molecule is CN=C(NCCCNS(C)(=O)=O)NCCc1ccc(F)cc1C.I. The van der Waals surface area contributed by atoms with E-state index in [1.54, 1.807) is 13.1 Å². The summed E-state index contributed by atoms with van der Waals surface area (Å²) in [6.07, 6.45) is 2.56. The van der Waals surface area contributed by atoms with Crippen molar-refractivity contribution in [1.82, 2.24) is 15.4 Å². The lowest BCUT2D eigenvalue weighted by Crippen LogP contribution is -2.39. The predicted molar refractivity (Wildman–Crippen MR) is 107 cm³/mol.